The van der Waals surface area contributed by atoms with Gasteiger partial charge < -0.3 is 9.72 Å². The predicted octanol–water partition coefficient (Wildman–Crippen LogP) is 4.05. The summed E-state index contributed by atoms with van der Waals surface area (Å²) in [6.07, 6.45) is 3.60. The maximum Gasteiger partial charge on any atom is 0.209 e. The molecule has 0 unspecified atom stereocenters. The van der Waals surface area contributed by atoms with E-state index < -0.39 is 5.92 Å². The number of carbonyl (C=O) groups is 2. The highest BCUT2D eigenvalue weighted by atomic mass is 16.5. The maximum absolute atomic E-state index is 13.1. The Morgan fingerprint density at radius 1 is 1.06 bits per heavy atom. The smallest absolute Gasteiger partial charge is 0.209 e. The lowest BCUT2D eigenvalue weighted by Crippen LogP contribution is -2.40. The van der Waals surface area contributed by atoms with E-state index in [-0.39, 0.29) is 22.6 Å². The normalized spacial score (nSPS) is 19.7. The number of fused-ring (bicyclic) bond motifs is 2. The summed E-state index contributed by atoms with van der Waals surface area (Å²) in [5.74, 6) is -0.941. The molecule has 1 aliphatic carbocycles. The third-order valence-electron chi connectivity index (χ3n) is 6.59. The number of H-pyrrole nitrogens is 1. The fourth-order valence-corrected chi connectivity index (χ4v) is 4.89. The number of methoxy groups -OCH3 is 1. The van der Waals surface area contributed by atoms with Crippen LogP contribution >= 0.6 is 0 Å². The maximum atomic E-state index is 13.1. The zero-order chi connectivity index (χ0) is 21.8. The van der Waals surface area contributed by atoms with Gasteiger partial charge in [0, 0.05) is 41.9 Å². The largest absolute Gasteiger partial charge is 0.378 e. The van der Waals surface area contributed by atoms with Crippen LogP contribution in [0.15, 0.2) is 66.4 Å². The van der Waals surface area contributed by atoms with Crippen molar-refractivity contribution in [1.82, 2.24) is 4.98 Å². The number of hydrogen-bond acceptors (Lipinski definition) is 3. The van der Waals surface area contributed by atoms with Gasteiger partial charge in [-0.1, -0.05) is 36.4 Å². The van der Waals surface area contributed by atoms with E-state index >= 15 is 0 Å². The highest BCUT2D eigenvalue weighted by molar-refractivity contribution is 6.43. The van der Waals surface area contributed by atoms with E-state index in [1.165, 1.54) is 5.56 Å². The first kappa shape index (κ1) is 19.6. The Bertz CT molecular complexity index is 1270. The summed E-state index contributed by atoms with van der Waals surface area (Å²) in [6.45, 7) is 5.48. The van der Waals surface area contributed by atoms with Crippen molar-refractivity contribution in [2.45, 2.75) is 25.2 Å². The number of para-hydroxylation sites is 2. The molecule has 5 nitrogen and oxygen atoms in total. The van der Waals surface area contributed by atoms with Crippen LogP contribution in [0.1, 0.15) is 30.9 Å². The molecule has 1 N–H and O–H groups in total. The standard InChI is InChI=1S/C26H24N2O3/c1-26(2)19-9-5-7-11-21(19)28(12-13-31-3)22(26)14-17-24(29)23(25(17)30)18-15-27-20-10-6-4-8-16(18)20/h4-11,14-15,23H,12-13H2,1-3H3/p+1. The Labute approximate surface area is 181 Å². The number of nitrogens with one attached hydrogen (secondary N) is 1. The van der Waals surface area contributed by atoms with Crippen molar-refractivity contribution in [3.05, 3.63) is 77.5 Å². The lowest BCUT2D eigenvalue weighted by atomic mass is 9.71. The first-order valence-electron chi connectivity index (χ1n) is 10.5. The molecule has 1 aromatic heterocycles. The van der Waals surface area contributed by atoms with Gasteiger partial charge in [-0.2, -0.15) is 4.58 Å². The topological polar surface area (TPSA) is 62.2 Å². The van der Waals surface area contributed by atoms with Gasteiger partial charge in [0.2, 0.25) is 5.69 Å². The van der Waals surface area contributed by atoms with E-state index in [1.54, 1.807) is 13.3 Å². The van der Waals surface area contributed by atoms with Crippen molar-refractivity contribution in [1.29, 1.82) is 0 Å². The highest BCUT2D eigenvalue weighted by Crippen LogP contribution is 2.42. The number of Topliss-reactive ketones (excluding diaryl/α,β-unsaturated/α-hetero) is 2. The molecule has 3 aromatic rings. The Hall–Kier alpha value is -3.31. The van der Waals surface area contributed by atoms with Crippen LogP contribution in [-0.4, -0.2) is 47.1 Å². The number of ketones is 2. The SMILES string of the molecule is COCC[N+]1=C(C=C2C(=O)C(c3c[nH]c4ccccc34)C2=O)C(C)(C)c2ccccc21. The average molecular weight is 413 g/mol. The summed E-state index contributed by atoms with van der Waals surface area (Å²) in [6, 6.07) is 16.0. The number of benzene rings is 2. The van der Waals surface area contributed by atoms with Crippen LogP contribution in [0.4, 0.5) is 5.69 Å². The molecular weight excluding hydrogens is 388 g/mol. The summed E-state index contributed by atoms with van der Waals surface area (Å²) in [5.41, 5.74) is 4.91. The lowest BCUT2D eigenvalue weighted by Gasteiger charge is -2.26. The molecule has 2 heterocycles. The van der Waals surface area contributed by atoms with Crippen LogP contribution in [0.2, 0.25) is 0 Å². The molecule has 31 heavy (non-hydrogen) atoms. The summed E-state index contributed by atoms with van der Waals surface area (Å²) < 4.78 is 7.49. The van der Waals surface area contributed by atoms with Gasteiger partial charge in [-0.05, 0) is 25.5 Å². The van der Waals surface area contributed by atoms with E-state index in [4.69, 9.17) is 4.74 Å². The molecule has 0 bridgehead atoms. The summed E-state index contributed by atoms with van der Waals surface area (Å²) in [4.78, 5) is 29.5. The predicted molar refractivity (Wildman–Crippen MR) is 120 cm³/mol. The minimum atomic E-state index is -0.720. The molecule has 2 aliphatic rings. The number of ether oxygens (including phenoxy) is 1. The number of carbonyl (C=O) groups excluding carboxylic acids is 2. The zero-order valence-electron chi connectivity index (χ0n) is 17.9. The molecule has 0 amide bonds. The first-order valence-corrected chi connectivity index (χ1v) is 10.5. The first-order chi connectivity index (χ1) is 14.9. The van der Waals surface area contributed by atoms with Crippen LogP contribution in [0, 0.1) is 0 Å². The van der Waals surface area contributed by atoms with Crippen molar-refractivity contribution < 1.29 is 18.9 Å². The number of aromatic amines is 1. The van der Waals surface area contributed by atoms with Crippen molar-refractivity contribution in [2.24, 2.45) is 0 Å². The number of rotatable bonds is 5. The molecule has 0 atom stereocenters. The fraction of sp³-hybridized carbons (Fsp3) is 0.269. The van der Waals surface area contributed by atoms with Crippen LogP contribution in [0.25, 0.3) is 10.9 Å². The summed E-state index contributed by atoms with van der Waals surface area (Å²) in [5, 5.41) is 0.927. The summed E-state index contributed by atoms with van der Waals surface area (Å²) >= 11 is 0. The molecule has 2 aromatic carbocycles. The van der Waals surface area contributed by atoms with E-state index in [2.05, 4.69) is 35.5 Å². The Kier molecular flexibility index (Phi) is 4.52. The van der Waals surface area contributed by atoms with Gasteiger partial charge in [0.25, 0.3) is 0 Å². The highest BCUT2D eigenvalue weighted by Gasteiger charge is 2.50. The van der Waals surface area contributed by atoms with Gasteiger partial charge in [-0.3, -0.25) is 9.59 Å². The second kappa shape index (κ2) is 7.13. The third kappa shape index (κ3) is 2.84. The molecule has 156 valence electrons. The molecule has 1 fully saturated rings. The van der Waals surface area contributed by atoms with E-state index in [1.807, 2.05) is 42.5 Å². The molecule has 0 spiro atoms. The minimum absolute atomic E-state index is 0.110. The van der Waals surface area contributed by atoms with Gasteiger partial charge in [0.15, 0.2) is 23.8 Å². The van der Waals surface area contributed by atoms with E-state index in [0.717, 1.165) is 27.9 Å². The third-order valence-corrected chi connectivity index (χ3v) is 6.59. The Morgan fingerprint density at radius 3 is 2.55 bits per heavy atom. The Balaban J connectivity index is 1.55. The monoisotopic (exact) mass is 413 g/mol. The van der Waals surface area contributed by atoms with Crippen LogP contribution in [0.3, 0.4) is 0 Å². The van der Waals surface area contributed by atoms with Crippen LogP contribution < -0.4 is 0 Å². The van der Waals surface area contributed by atoms with Gasteiger partial charge in [0.1, 0.15) is 12.5 Å². The second-order valence-corrected chi connectivity index (χ2v) is 8.68. The number of hydrogen-bond donors (Lipinski definition) is 1. The molecule has 1 saturated carbocycles. The van der Waals surface area contributed by atoms with Gasteiger partial charge >= 0.3 is 0 Å². The van der Waals surface area contributed by atoms with Crippen LogP contribution in [-0.2, 0) is 19.7 Å². The minimum Gasteiger partial charge on any atom is -0.378 e. The van der Waals surface area contributed by atoms with Crippen molar-refractivity contribution in [2.75, 3.05) is 20.3 Å². The van der Waals surface area contributed by atoms with Gasteiger partial charge in [-0.25, -0.2) is 0 Å². The lowest BCUT2D eigenvalue weighted by molar-refractivity contribution is -0.441. The fourth-order valence-electron chi connectivity index (χ4n) is 4.89. The quantitative estimate of drug-likeness (QED) is 0.297. The van der Waals surface area contributed by atoms with Crippen molar-refractivity contribution in [3.8, 4) is 0 Å². The number of allylic oxidation sites excluding steroid dienone is 2. The van der Waals surface area contributed by atoms with E-state index in [9.17, 15) is 9.59 Å². The van der Waals surface area contributed by atoms with Crippen LogP contribution in [0.5, 0.6) is 0 Å². The summed E-state index contributed by atoms with van der Waals surface area (Å²) in [7, 11) is 1.68. The van der Waals surface area contributed by atoms with Crippen molar-refractivity contribution >= 4 is 33.9 Å². The molecule has 0 radical (unpaired) electrons. The number of nitrogens with zero attached hydrogens (tertiary/aromatic N) is 1. The number of aromatic nitrogens is 1. The molecule has 5 heteroatoms. The van der Waals surface area contributed by atoms with Gasteiger partial charge in [0.05, 0.1) is 11.0 Å². The molecule has 1 aliphatic heterocycles. The average Bonchev–Trinajstić information content (AvgIpc) is 3.28. The molecule has 5 rings (SSSR count). The van der Waals surface area contributed by atoms with Crippen molar-refractivity contribution in [3.63, 3.8) is 0 Å². The second-order valence-electron chi connectivity index (χ2n) is 8.68. The zero-order valence-corrected chi connectivity index (χ0v) is 17.9. The van der Waals surface area contributed by atoms with Gasteiger partial charge in [-0.15, -0.1) is 0 Å². The van der Waals surface area contributed by atoms with E-state index in [0.29, 0.717) is 13.2 Å². The molecule has 0 saturated heterocycles. The molecular formula is C26H25N2O3+. The Morgan fingerprint density at radius 2 is 1.77 bits per heavy atom.